The first kappa shape index (κ1) is 8.74. The topological polar surface area (TPSA) is 53.1 Å². The Morgan fingerprint density at radius 1 is 1.33 bits per heavy atom. The maximum absolute atomic E-state index is 7.56. The second-order valence-corrected chi connectivity index (χ2v) is 2.83. The van der Waals surface area contributed by atoms with Gasteiger partial charge in [0.15, 0.2) is 0 Å². The van der Waals surface area contributed by atoms with E-state index in [9.17, 15) is 0 Å². The third-order valence-corrected chi connectivity index (χ3v) is 1.68. The average molecular weight is 163 g/mol. The normalized spacial score (nSPS) is 9.58. The minimum absolute atomic E-state index is 0.329. The lowest BCUT2D eigenvalue weighted by atomic mass is 10.1. The predicted octanol–water partition coefficient (Wildman–Crippen LogP) is 1.13. The molecule has 0 saturated heterocycles. The summed E-state index contributed by atoms with van der Waals surface area (Å²) in [6.07, 6.45) is 0. The Labute approximate surface area is 72.3 Å². The monoisotopic (exact) mass is 163 g/mol. The van der Waals surface area contributed by atoms with Crippen LogP contribution in [0.15, 0.2) is 24.3 Å². The molecule has 0 aliphatic rings. The van der Waals surface area contributed by atoms with Gasteiger partial charge in [0, 0.05) is 12.6 Å². The molecule has 1 aromatic rings. The van der Waals surface area contributed by atoms with Crippen molar-refractivity contribution >= 4 is 5.84 Å². The predicted molar refractivity (Wildman–Crippen MR) is 50.0 cm³/mol. The zero-order valence-corrected chi connectivity index (χ0v) is 7.33. The number of nitrogens with two attached hydrogens (primary N) is 1. The third-order valence-electron chi connectivity index (χ3n) is 1.68. The van der Waals surface area contributed by atoms with E-state index in [-0.39, 0.29) is 0 Å². The van der Waals surface area contributed by atoms with E-state index in [0.29, 0.717) is 5.84 Å². The first-order valence-electron chi connectivity index (χ1n) is 3.75. The number of hydrazine groups is 1. The van der Waals surface area contributed by atoms with Crippen LogP contribution >= 0.6 is 0 Å². The fourth-order valence-corrected chi connectivity index (χ4v) is 0.915. The molecule has 0 amide bonds. The molecule has 0 spiro atoms. The number of amidine groups is 1. The lowest BCUT2D eigenvalue weighted by Crippen LogP contribution is -2.33. The SMILES string of the molecule is Cc1ccc(C(=N)N(C)N)cc1. The first-order valence-corrected chi connectivity index (χ1v) is 3.75. The highest BCUT2D eigenvalue weighted by molar-refractivity contribution is 5.95. The molecule has 3 N–H and O–H groups in total. The maximum Gasteiger partial charge on any atom is 0.142 e. The number of rotatable bonds is 1. The standard InChI is InChI=1S/C9H13N3/c1-7-3-5-8(6-4-7)9(10)12(2)11/h3-6,10H,11H2,1-2H3. The Balaban J connectivity index is 2.90. The Morgan fingerprint density at radius 3 is 2.25 bits per heavy atom. The lowest BCUT2D eigenvalue weighted by molar-refractivity contribution is 0.536. The molecule has 1 aromatic carbocycles. The van der Waals surface area contributed by atoms with Crippen LogP contribution in [0.5, 0.6) is 0 Å². The van der Waals surface area contributed by atoms with E-state index in [2.05, 4.69) is 0 Å². The second kappa shape index (κ2) is 3.36. The van der Waals surface area contributed by atoms with Gasteiger partial charge in [-0.25, -0.2) is 5.84 Å². The van der Waals surface area contributed by atoms with Crippen molar-refractivity contribution in [3.63, 3.8) is 0 Å². The van der Waals surface area contributed by atoms with E-state index in [0.717, 1.165) is 5.56 Å². The molecule has 3 heteroatoms. The van der Waals surface area contributed by atoms with Gasteiger partial charge in [0.25, 0.3) is 0 Å². The summed E-state index contributed by atoms with van der Waals surface area (Å²) in [6, 6.07) is 7.71. The number of aryl methyl sites for hydroxylation is 1. The summed E-state index contributed by atoms with van der Waals surface area (Å²) in [5.41, 5.74) is 2.02. The van der Waals surface area contributed by atoms with Crippen LogP contribution < -0.4 is 5.84 Å². The van der Waals surface area contributed by atoms with Crippen molar-refractivity contribution in [2.45, 2.75) is 6.92 Å². The van der Waals surface area contributed by atoms with Gasteiger partial charge in [-0.3, -0.25) is 10.4 Å². The minimum Gasteiger partial charge on any atom is -0.298 e. The van der Waals surface area contributed by atoms with Crippen LogP contribution in [0.1, 0.15) is 11.1 Å². The van der Waals surface area contributed by atoms with E-state index >= 15 is 0 Å². The van der Waals surface area contributed by atoms with Crippen LogP contribution in [0.2, 0.25) is 0 Å². The Morgan fingerprint density at radius 2 is 1.83 bits per heavy atom. The number of nitrogens with zero attached hydrogens (tertiary/aromatic N) is 1. The second-order valence-electron chi connectivity index (χ2n) is 2.83. The van der Waals surface area contributed by atoms with Crippen molar-refractivity contribution in [1.29, 1.82) is 5.41 Å². The molecular formula is C9H13N3. The lowest BCUT2D eigenvalue weighted by Gasteiger charge is -2.12. The molecule has 0 bridgehead atoms. The quantitative estimate of drug-likeness (QED) is 0.282. The van der Waals surface area contributed by atoms with Crippen LogP contribution in [-0.2, 0) is 0 Å². The molecular weight excluding hydrogens is 150 g/mol. The van der Waals surface area contributed by atoms with Crippen LogP contribution in [0.4, 0.5) is 0 Å². The summed E-state index contributed by atoms with van der Waals surface area (Å²) < 4.78 is 0. The summed E-state index contributed by atoms with van der Waals surface area (Å²) in [4.78, 5) is 0. The van der Waals surface area contributed by atoms with E-state index in [1.807, 2.05) is 31.2 Å². The van der Waals surface area contributed by atoms with Crippen molar-refractivity contribution in [3.8, 4) is 0 Å². The van der Waals surface area contributed by atoms with Crippen molar-refractivity contribution < 1.29 is 0 Å². The summed E-state index contributed by atoms with van der Waals surface area (Å²) in [6.45, 7) is 2.01. The van der Waals surface area contributed by atoms with Crippen molar-refractivity contribution in [2.24, 2.45) is 5.84 Å². The maximum atomic E-state index is 7.56. The van der Waals surface area contributed by atoms with Crippen LogP contribution in [0.25, 0.3) is 0 Å². The Bertz CT molecular complexity index is 274. The van der Waals surface area contributed by atoms with Gasteiger partial charge in [-0.2, -0.15) is 0 Å². The Kier molecular flexibility index (Phi) is 2.45. The summed E-state index contributed by atoms with van der Waals surface area (Å²) in [5.74, 6) is 5.74. The largest absolute Gasteiger partial charge is 0.298 e. The van der Waals surface area contributed by atoms with E-state index in [4.69, 9.17) is 11.3 Å². The number of benzene rings is 1. The van der Waals surface area contributed by atoms with Gasteiger partial charge >= 0.3 is 0 Å². The average Bonchev–Trinajstić information content (AvgIpc) is 2.04. The van der Waals surface area contributed by atoms with Gasteiger partial charge in [0.1, 0.15) is 5.84 Å². The fourth-order valence-electron chi connectivity index (χ4n) is 0.915. The third kappa shape index (κ3) is 1.83. The number of hydrogen-bond donors (Lipinski definition) is 2. The van der Waals surface area contributed by atoms with Gasteiger partial charge in [-0.15, -0.1) is 0 Å². The van der Waals surface area contributed by atoms with Gasteiger partial charge < -0.3 is 0 Å². The molecule has 0 radical (unpaired) electrons. The zero-order valence-electron chi connectivity index (χ0n) is 7.33. The molecule has 12 heavy (non-hydrogen) atoms. The highest BCUT2D eigenvalue weighted by Gasteiger charge is 2.01. The molecule has 0 saturated carbocycles. The molecule has 0 aromatic heterocycles. The van der Waals surface area contributed by atoms with E-state index < -0.39 is 0 Å². The highest BCUT2D eigenvalue weighted by atomic mass is 15.4. The van der Waals surface area contributed by atoms with Gasteiger partial charge in [0.2, 0.25) is 0 Å². The molecule has 0 heterocycles. The minimum atomic E-state index is 0.329. The molecule has 0 unspecified atom stereocenters. The van der Waals surface area contributed by atoms with Gasteiger partial charge in [-0.1, -0.05) is 29.8 Å². The van der Waals surface area contributed by atoms with Gasteiger partial charge in [-0.05, 0) is 6.92 Å². The molecule has 0 aliphatic carbocycles. The number of hydrogen-bond acceptors (Lipinski definition) is 2. The number of nitrogens with one attached hydrogen (secondary N) is 1. The molecule has 0 fully saturated rings. The molecule has 64 valence electrons. The molecule has 0 aliphatic heterocycles. The smallest absolute Gasteiger partial charge is 0.142 e. The summed E-state index contributed by atoms with van der Waals surface area (Å²) >= 11 is 0. The van der Waals surface area contributed by atoms with Crippen LogP contribution in [0, 0.1) is 12.3 Å². The molecule has 3 nitrogen and oxygen atoms in total. The van der Waals surface area contributed by atoms with Crippen molar-refractivity contribution in [3.05, 3.63) is 35.4 Å². The van der Waals surface area contributed by atoms with Crippen molar-refractivity contribution in [1.82, 2.24) is 5.01 Å². The Hall–Kier alpha value is -1.35. The molecule has 1 rings (SSSR count). The van der Waals surface area contributed by atoms with Crippen molar-refractivity contribution in [2.75, 3.05) is 7.05 Å². The fraction of sp³-hybridized carbons (Fsp3) is 0.222. The van der Waals surface area contributed by atoms with Crippen LogP contribution in [0.3, 0.4) is 0 Å². The first-order chi connectivity index (χ1) is 5.61. The van der Waals surface area contributed by atoms with Gasteiger partial charge in [0.05, 0.1) is 0 Å². The van der Waals surface area contributed by atoms with E-state index in [1.54, 1.807) is 7.05 Å². The summed E-state index contributed by atoms with van der Waals surface area (Å²) in [7, 11) is 1.65. The van der Waals surface area contributed by atoms with E-state index in [1.165, 1.54) is 10.6 Å². The summed E-state index contributed by atoms with van der Waals surface area (Å²) in [5, 5.41) is 8.85. The highest BCUT2D eigenvalue weighted by Crippen LogP contribution is 2.03. The molecule has 0 atom stereocenters. The van der Waals surface area contributed by atoms with Crippen LogP contribution in [-0.4, -0.2) is 17.9 Å². The zero-order chi connectivity index (χ0) is 9.14.